The average Bonchev–Trinajstić information content (AvgIpc) is 2.25. The van der Waals surface area contributed by atoms with Gasteiger partial charge in [-0.2, -0.15) is 0 Å². The zero-order chi connectivity index (χ0) is 12.6. The lowest BCUT2D eigenvalue weighted by Crippen LogP contribution is -2.46. The number of carbonyl (C=O) groups is 1. The van der Waals surface area contributed by atoms with Gasteiger partial charge in [0.1, 0.15) is 0 Å². The smallest absolute Gasteiger partial charge is 0.470 e. The lowest BCUT2D eigenvalue weighted by molar-refractivity contribution is -0.134. The molecule has 0 aromatic heterocycles. The molecule has 94 valence electrons. The molecule has 0 saturated carbocycles. The van der Waals surface area contributed by atoms with E-state index < -0.39 is 14.8 Å². The third-order valence-electron chi connectivity index (χ3n) is 2.01. The largest absolute Gasteiger partial charge is 0.565 e. The van der Waals surface area contributed by atoms with Gasteiger partial charge < -0.3 is 13.3 Å². The molecule has 0 bridgehead atoms. The van der Waals surface area contributed by atoms with Gasteiger partial charge in [0.25, 0.3) is 0 Å². The maximum atomic E-state index is 11.2. The van der Waals surface area contributed by atoms with Gasteiger partial charge in [-0.1, -0.05) is 20.4 Å². The van der Waals surface area contributed by atoms with Crippen LogP contribution in [0.5, 0.6) is 0 Å². The van der Waals surface area contributed by atoms with Crippen LogP contribution >= 0.6 is 0 Å². The minimum atomic E-state index is -2.86. The lowest BCUT2D eigenvalue weighted by Gasteiger charge is -2.27. The van der Waals surface area contributed by atoms with E-state index in [1.54, 1.807) is 6.55 Å². The van der Waals surface area contributed by atoms with Crippen LogP contribution in [-0.2, 0) is 18.1 Å². The van der Waals surface area contributed by atoms with E-state index in [4.69, 9.17) is 13.3 Å². The molecule has 0 aliphatic rings. The van der Waals surface area contributed by atoms with Gasteiger partial charge in [-0.3, -0.25) is 0 Å². The molecule has 0 rings (SSSR count). The van der Waals surface area contributed by atoms with Crippen molar-refractivity contribution in [1.29, 1.82) is 0 Å². The second-order valence-electron chi connectivity index (χ2n) is 3.67. The summed E-state index contributed by atoms with van der Waals surface area (Å²) in [5, 5.41) is 0. The summed E-state index contributed by atoms with van der Waals surface area (Å²) in [4.78, 5) is 11.2. The van der Waals surface area contributed by atoms with E-state index in [9.17, 15) is 4.79 Å². The Kier molecular flexibility index (Phi) is 7.28. The van der Waals surface area contributed by atoms with Gasteiger partial charge in [-0.15, -0.1) is 0 Å². The van der Waals surface area contributed by atoms with Crippen LogP contribution in [0.2, 0.25) is 6.55 Å². The van der Waals surface area contributed by atoms with E-state index in [-0.39, 0.29) is 6.10 Å². The monoisotopic (exact) mass is 246 g/mol. The Bertz CT molecular complexity index is 232. The minimum Gasteiger partial charge on any atom is -0.470 e. The van der Waals surface area contributed by atoms with Gasteiger partial charge in [0.05, 0.1) is 0 Å². The third-order valence-corrected chi connectivity index (χ3v) is 4.14. The molecule has 0 amide bonds. The Morgan fingerprint density at radius 2 is 2.12 bits per heavy atom. The van der Waals surface area contributed by atoms with Crippen molar-refractivity contribution in [1.82, 2.24) is 0 Å². The topological polar surface area (TPSA) is 44.8 Å². The van der Waals surface area contributed by atoms with E-state index in [0.29, 0.717) is 6.61 Å². The first-order valence-electron chi connectivity index (χ1n) is 5.64. The predicted molar refractivity (Wildman–Crippen MR) is 65.0 cm³/mol. The number of hydrogen-bond donors (Lipinski definition) is 0. The van der Waals surface area contributed by atoms with Crippen LogP contribution in [0.4, 0.5) is 0 Å². The summed E-state index contributed by atoms with van der Waals surface area (Å²) in [6.07, 6.45) is 2.86. The number of rotatable bonds is 8. The highest BCUT2D eigenvalue weighted by atomic mass is 28.4. The van der Waals surface area contributed by atoms with Gasteiger partial charge in [-0.05, 0) is 19.8 Å². The van der Waals surface area contributed by atoms with Gasteiger partial charge in [0.2, 0.25) is 0 Å². The van der Waals surface area contributed by atoms with Gasteiger partial charge in [-0.25, -0.2) is 4.79 Å². The molecule has 0 aliphatic heterocycles. The normalized spacial score (nSPS) is 16.2. The molecule has 0 saturated heterocycles. The molecule has 0 radical (unpaired) electrons. The van der Waals surface area contributed by atoms with Gasteiger partial charge in [0, 0.05) is 25.3 Å². The molecule has 16 heavy (non-hydrogen) atoms. The summed E-state index contributed by atoms with van der Waals surface area (Å²) in [5.74, 6) is -0.492. The number of hydrogen-bond acceptors (Lipinski definition) is 4. The van der Waals surface area contributed by atoms with E-state index in [0.717, 1.165) is 18.9 Å². The molecular formula is C11H22O4Si. The average molecular weight is 246 g/mol. The highest BCUT2D eigenvalue weighted by molar-refractivity contribution is 6.61. The van der Waals surface area contributed by atoms with Crippen molar-refractivity contribution in [2.75, 3.05) is 6.61 Å². The van der Waals surface area contributed by atoms with Crippen LogP contribution < -0.4 is 0 Å². The first-order chi connectivity index (χ1) is 7.47. The molecule has 0 spiro atoms. The molecule has 4 nitrogen and oxygen atoms in total. The van der Waals surface area contributed by atoms with E-state index in [1.165, 1.54) is 0 Å². The quantitative estimate of drug-likeness (QED) is 0.487. The summed E-state index contributed by atoms with van der Waals surface area (Å²) in [7, 11) is -2.86. The van der Waals surface area contributed by atoms with Gasteiger partial charge >= 0.3 is 14.8 Å². The Labute approximate surface area is 99.0 Å². The summed E-state index contributed by atoms with van der Waals surface area (Å²) < 4.78 is 16.4. The second kappa shape index (κ2) is 7.59. The molecule has 0 aromatic carbocycles. The van der Waals surface area contributed by atoms with E-state index in [2.05, 4.69) is 6.58 Å². The second-order valence-corrected chi connectivity index (χ2v) is 6.13. The minimum absolute atomic E-state index is 0.0196. The Morgan fingerprint density at radius 1 is 1.50 bits per heavy atom. The van der Waals surface area contributed by atoms with Crippen LogP contribution in [0, 0.1) is 0 Å². The molecule has 0 fully saturated rings. The van der Waals surface area contributed by atoms with Crippen LogP contribution in [0.1, 0.15) is 33.6 Å². The van der Waals surface area contributed by atoms with E-state index >= 15 is 0 Å². The van der Waals surface area contributed by atoms with Crippen LogP contribution in [0.3, 0.4) is 0 Å². The van der Waals surface area contributed by atoms with Crippen LogP contribution in [-0.4, -0.2) is 27.5 Å². The van der Waals surface area contributed by atoms with Crippen molar-refractivity contribution in [3.05, 3.63) is 12.7 Å². The fourth-order valence-electron chi connectivity index (χ4n) is 1.05. The van der Waals surface area contributed by atoms with Crippen molar-refractivity contribution in [2.45, 2.75) is 46.3 Å². The summed E-state index contributed by atoms with van der Waals surface area (Å²) in [5.41, 5.74) is 0. The molecule has 0 aliphatic carbocycles. The van der Waals surface area contributed by atoms with Crippen LogP contribution in [0.25, 0.3) is 0 Å². The first kappa shape index (κ1) is 15.3. The van der Waals surface area contributed by atoms with Crippen molar-refractivity contribution in [3.63, 3.8) is 0 Å². The standard InChI is InChI=1S/C11H22O4Si/c1-6-9-13-16(5,14-10(4)7-2)15-11(12)8-3/h8,10H,3,6-7,9H2,1-2,4-5H3. The molecule has 2 unspecified atom stereocenters. The molecule has 0 aromatic rings. The maximum Gasteiger partial charge on any atom is 0.565 e. The zero-order valence-corrected chi connectivity index (χ0v) is 11.6. The Balaban J connectivity index is 4.45. The lowest BCUT2D eigenvalue weighted by atomic mass is 10.3. The summed E-state index contributed by atoms with van der Waals surface area (Å²) in [6, 6.07) is 0. The van der Waals surface area contributed by atoms with Crippen LogP contribution in [0.15, 0.2) is 12.7 Å². The maximum absolute atomic E-state index is 11.2. The van der Waals surface area contributed by atoms with Crippen molar-refractivity contribution >= 4 is 14.8 Å². The third kappa shape index (κ3) is 6.04. The Hall–Kier alpha value is -0.653. The van der Waals surface area contributed by atoms with Crippen molar-refractivity contribution in [2.24, 2.45) is 0 Å². The Morgan fingerprint density at radius 3 is 2.56 bits per heavy atom. The van der Waals surface area contributed by atoms with Gasteiger partial charge in [0.15, 0.2) is 0 Å². The molecule has 5 heteroatoms. The highest BCUT2D eigenvalue weighted by Crippen LogP contribution is 2.14. The zero-order valence-electron chi connectivity index (χ0n) is 10.6. The number of carbonyl (C=O) groups excluding carboxylic acids is 1. The predicted octanol–water partition coefficient (Wildman–Crippen LogP) is 2.53. The summed E-state index contributed by atoms with van der Waals surface area (Å²) >= 11 is 0. The fraction of sp³-hybridized carbons (Fsp3) is 0.727. The van der Waals surface area contributed by atoms with Crippen molar-refractivity contribution < 1.29 is 18.1 Å². The summed E-state index contributed by atoms with van der Waals surface area (Å²) in [6.45, 7) is 11.6. The molecule has 0 N–H and O–H groups in total. The molecule has 2 atom stereocenters. The van der Waals surface area contributed by atoms with E-state index in [1.807, 2.05) is 20.8 Å². The van der Waals surface area contributed by atoms with Crippen molar-refractivity contribution in [3.8, 4) is 0 Å². The first-order valence-corrected chi connectivity index (χ1v) is 7.87. The molecular weight excluding hydrogens is 224 g/mol. The molecule has 0 heterocycles. The highest BCUT2D eigenvalue weighted by Gasteiger charge is 2.40. The fourth-order valence-corrected chi connectivity index (χ4v) is 3.14. The SMILES string of the molecule is C=CC(=O)O[Si](C)(OCCC)OC(C)CC.